The fourth-order valence-electron chi connectivity index (χ4n) is 2.65. The van der Waals surface area contributed by atoms with E-state index >= 15 is 0 Å². The van der Waals surface area contributed by atoms with E-state index in [2.05, 4.69) is 74.6 Å². The first-order chi connectivity index (χ1) is 9.72. The molecule has 1 N–H and O–H groups in total. The lowest BCUT2D eigenvalue weighted by molar-refractivity contribution is 0.626. The standard InChI is InChI=1S/C19H25N/c1-4-12-20-14-19(17-8-6-5-7-9-17)18-13-15(2)10-11-16(18)3/h5-11,13,19-20H,4,12,14H2,1-3H3. The molecule has 2 aromatic rings. The maximum atomic E-state index is 3.58. The molecule has 0 aliphatic carbocycles. The number of rotatable bonds is 6. The van der Waals surface area contributed by atoms with E-state index in [0.29, 0.717) is 5.92 Å². The SMILES string of the molecule is CCCNCC(c1ccccc1)c1cc(C)ccc1C. The molecule has 0 saturated heterocycles. The Bertz CT molecular complexity index is 531. The van der Waals surface area contributed by atoms with Crippen molar-refractivity contribution >= 4 is 0 Å². The average Bonchev–Trinajstić information content (AvgIpc) is 2.48. The summed E-state index contributed by atoms with van der Waals surface area (Å²) in [6.07, 6.45) is 1.17. The quantitative estimate of drug-likeness (QED) is 0.763. The molecular weight excluding hydrogens is 242 g/mol. The van der Waals surface area contributed by atoms with Gasteiger partial charge >= 0.3 is 0 Å². The van der Waals surface area contributed by atoms with Crippen LogP contribution in [-0.2, 0) is 0 Å². The van der Waals surface area contributed by atoms with Gasteiger partial charge in [-0.1, -0.05) is 61.0 Å². The van der Waals surface area contributed by atoms with Crippen LogP contribution in [0.4, 0.5) is 0 Å². The normalized spacial score (nSPS) is 12.3. The smallest absolute Gasteiger partial charge is 0.0217 e. The number of hydrogen-bond donors (Lipinski definition) is 1. The summed E-state index contributed by atoms with van der Waals surface area (Å²) in [5.74, 6) is 0.433. The number of benzene rings is 2. The van der Waals surface area contributed by atoms with Gasteiger partial charge < -0.3 is 5.32 Å². The van der Waals surface area contributed by atoms with Gasteiger partial charge in [-0.15, -0.1) is 0 Å². The zero-order valence-corrected chi connectivity index (χ0v) is 12.8. The van der Waals surface area contributed by atoms with Crippen molar-refractivity contribution in [3.05, 3.63) is 70.8 Å². The number of hydrogen-bond acceptors (Lipinski definition) is 1. The van der Waals surface area contributed by atoms with E-state index in [1.54, 1.807) is 0 Å². The van der Waals surface area contributed by atoms with E-state index in [9.17, 15) is 0 Å². The first kappa shape index (κ1) is 14.8. The third-order valence-corrected chi connectivity index (χ3v) is 3.79. The van der Waals surface area contributed by atoms with E-state index in [0.717, 1.165) is 13.1 Å². The molecule has 106 valence electrons. The molecule has 0 saturated carbocycles. The Balaban J connectivity index is 2.33. The van der Waals surface area contributed by atoms with Crippen LogP contribution in [0.25, 0.3) is 0 Å². The third-order valence-electron chi connectivity index (χ3n) is 3.79. The van der Waals surface area contributed by atoms with Crippen LogP contribution in [0.2, 0.25) is 0 Å². The molecule has 1 unspecified atom stereocenters. The molecule has 0 aliphatic rings. The second-order valence-corrected chi connectivity index (χ2v) is 5.53. The minimum Gasteiger partial charge on any atom is -0.316 e. The maximum Gasteiger partial charge on any atom is 0.0217 e. The first-order valence-corrected chi connectivity index (χ1v) is 7.55. The fraction of sp³-hybridized carbons (Fsp3) is 0.368. The Morgan fingerprint density at radius 1 is 1.00 bits per heavy atom. The van der Waals surface area contributed by atoms with Gasteiger partial charge in [0.15, 0.2) is 0 Å². The highest BCUT2D eigenvalue weighted by atomic mass is 14.9. The van der Waals surface area contributed by atoms with Crippen molar-refractivity contribution in [2.75, 3.05) is 13.1 Å². The summed E-state index contributed by atoms with van der Waals surface area (Å²) < 4.78 is 0. The molecule has 0 bridgehead atoms. The van der Waals surface area contributed by atoms with Crippen molar-refractivity contribution in [1.29, 1.82) is 0 Å². The van der Waals surface area contributed by atoms with Crippen LogP contribution in [-0.4, -0.2) is 13.1 Å². The van der Waals surface area contributed by atoms with Gasteiger partial charge in [0.2, 0.25) is 0 Å². The van der Waals surface area contributed by atoms with Crippen molar-refractivity contribution in [2.45, 2.75) is 33.1 Å². The van der Waals surface area contributed by atoms with E-state index in [4.69, 9.17) is 0 Å². The Morgan fingerprint density at radius 2 is 1.75 bits per heavy atom. The molecule has 0 radical (unpaired) electrons. The Morgan fingerprint density at radius 3 is 2.45 bits per heavy atom. The minimum absolute atomic E-state index is 0.433. The first-order valence-electron chi connectivity index (χ1n) is 7.55. The van der Waals surface area contributed by atoms with Crippen LogP contribution in [0.15, 0.2) is 48.5 Å². The highest BCUT2D eigenvalue weighted by Crippen LogP contribution is 2.27. The van der Waals surface area contributed by atoms with Crippen molar-refractivity contribution in [2.24, 2.45) is 0 Å². The summed E-state index contributed by atoms with van der Waals surface area (Å²) in [5.41, 5.74) is 5.55. The molecule has 1 nitrogen and oxygen atoms in total. The largest absolute Gasteiger partial charge is 0.316 e. The summed E-state index contributed by atoms with van der Waals surface area (Å²) in [6.45, 7) is 8.67. The number of aryl methyl sites for hydroxylation is 2. The Labute approximate surface area is 123 Å². The Kier molecular flexibility index (Phi) is 5.37. The van der Waals surface area contributed by atoms with Crippen molar-refractivity contribution < 1.29 is 0 Å². The second kappa shape index (κ2) is 7.25. The molecule has 2 rings (SSSR count). The molecule has 0 aliphatic heterocycles. The van der Waals surface area contributed by atoms with Gasteiger partial charge in [-0.2, -0.15) is 0 Å². The highest BCUT2D eigenvalue weighted by Gasteiger charge is 2.15. The lowest BCUT2D eigenvalue weighted by Crippen LogP contribution is -2.23. The molecule has 20 heavy (non-hydrogen) atoms. The van der Waals surface area contributed by atoms with E-state index in [1.165, 1.54) is 28.7 Å². The van der Waals surface area contributed by atoms with Gasteiger partial charge in [0.25, 0.3) is 0 Å². The molecule has 0 heterocycles. The van der Waals surface area contributed by atoms with Crippen molar-refractivity contribution in [1.82, 2.24) is 5.32 Å². The van der Waals surface area contributed by atoms with E-state index in [-0.39, 0.29) is 0 Å². The lowest BCUT2D eigenvalue weighted by atomic mass is 9.87. The molecule has 2 aromatic carbocycles. The fourth-order valence-corrected chi connectivity index (χ4v) is 2.65. The summed E-state index contributed by atoms with van der Waals surface area (Å²) in [6, 6.07) is 17.6. The molecule has 0 spiro atoms. The zero-order valence-electron chi connectivity index (χ0n) is 12.8. The van der Waals surface area contributed by atoms with Gasteiger partial charge in [-0.3, -0.25) is 0 Å². The van der Waals surface area contributed by atoms with Crippen LogP contribution in [0, 0.1) is 13.8 Å². The summed E-state index contributed by atoms with van der Waals surface area (Å²) >= 11 is 0. The summed E-state index contributed by atoms with van der Waals surface area (Å²) in [7, 11) is 0. The Hall–Kier alpha value is -1.60. The van der Waals surface area contributed by atoms with Crippen molar-refractivity contribution in [3.8, 4) is 0 Å². The van der Waals surface area contributed by atoms with Gasteiger partial charge in [0.05, 0.1) is 0 Å². The van der Waals surface area contributed by atoms with Gasteiger partial charge in [0, 0.05) is 12.5 Å². The lowest BCUT2D eigenvalue weighted by Gasteiger charge is -2.21. The third kappa shape index (κ3) is 3.71. The van der Waals surface area contributed by atoms with E-state index in [1.807, 2.05) is 0 Å². The molecule has 1 heteroatoms. The van der Waals surface area contributed by atoms with Crippen LogP contribution in [0.5, 0.6) is 0 Å². The van der Waals surface area contributed by atoms with Gasteiger partial charge in [0.1, 0.15) is 0 Å². The molecule has 0 amide bonds. The predicted molar refractivity (Wildman–Crippen MR) is 87.4 cm³/mol. The van der Waals surface area contributed by atoms with Gasteiger partial charge in [-0.25, -0.2) is 0 Å². The minimum atomic E-state index is 0.433. The topological polar surface area (TPSA) is 12.0 Å². The van der Waals surface area contributed by atoms with Crippen LogP contribution >= 0.6 is 0 Å². The molecular formula is C19H25N. The van der Waals surface area contributed by atoms with Crippen LogP contribution in [0.1, 0.15) is 41.5 Å². The number of nitrogens with one attached hydrogen (secondary N) is 1. The van der Waals surface area contributed by atoms with E-state index < -0.39 is 0 Å². The van der Waals surface area contributed by atoms with Crippen molar-refractivity contribution in [3.63, 3.8) is 0 Å². The zero-order chi connectivity index (χ0) is 14.4. The molecule has 0 fully saturated rings. The monoisotopic (exact) mass is 267 g/mol. The van der Waals surface area contributed by atoms with Crippen LogP contribution in [0.3, 0.4) is 0 Å². The predicted octanol–water partition coefficient (Wildman–Crippen LogP) is 4.43. The summed E-state index contributed by atoms with van der Waals surface area (Å²) in [5, 5.41) is 3.58. The summed E-state index contributed by atoms with van der Waals surface area (Å²) in [4.78, 5) is 0. The maximum absolute atomic E-state index is 3.58. The average molecular weight is 267 g/mol. The molecule has 1 atom stereocenters. The molecule has 0 aromatic heterocycles. The van der Waals surface area contributed by atoms with Gasteiger partial charge in [-0.05, 0) is 43.5 Å². The highest BCUT2D eigenvalue weighted by molar-refractivity contribution is 5.40. The van der Waals surface area contributed by atoms with Crippen LogP contribution < -0.4 is 5.32 Å². The second-order valence-electron chi connectivity index (χ2n) is 5.53.